The van der Waals surface area contributed by atoms with Crippen LogP contribution < -0.4 is 0 Å². The second kappa shape index (κ2) is 6.49. The first-order valence-corrected chi connectivity index (χ1v) is 11.8. The molecule has 0 aromatic rings. The van der Waals surface area contributed by atoms with E-state index >= 15 is 0 Å². The summed E-state index contributed by atoms with van der Waals surface area (Å²) in [6.07, 6.45) is 4.14. The summed E-state index contributed by atoms with van der Waals surface area (Å²) in [6.45, 7) is 9.53. The quantitative estimate of drug-likeness (QED) is 0.697. The number of Topliss-reactive ketones (excluding diaryl/α,β-unsaturated/α-hetero) is 1. The van der Waals surface area contributed by atoms with E-state index in [1.54, 1.807) is 0 Å². The Morgan fingerprint density at radius 2 is 1.94 bits per heavy atom. The summed E-state index contributed by atoms with van der Waals surface area (Å²) in [7, 11) is 0. The van der Waals surface area contributed by atoms with Crippen LogP contribution in [0, 0.1) is 34.5 Å². The van der Waals surface area contributed by atoms with Gasteiger partial charge in [0, 0.05) is 11.8 Å². The zero-order valence-corrected chi connectivity index (χ0v) is 19.3. The number of hydrogen-bond donors (Lipinski definition) is 2. The topological polar surface area (TPSA) is 93.1 Å². The molecule has 0 aromatic heterocycles. The molecule has 0 bridgehead atoms. The van der Waals surface area contributed by atoms with Gasteiger partial charge in [-0.2, -0.15) is 0 Å². The Hall–Kier alpha value is -1.08. The summed E-state index contributed by atoms with van der Waals surface area (Å²) in [5, 5.41) is 21.5. The maximum atomic E-state index is 13.2. The number of ketones is 2. The van der Waals surface area contributed by atoms with Crippen LogP contribution in [0.4, 0.5) is 0 Å². The van der Waals surface area contributed by atoms with E-state index in [-0.39, 0.29) is 40.7 Å². The monoisotopic (exact) mass is 432 g/mol. The van der Waals surface area contributed by atoms with Crippen molar-refractivity contribution in [3.8, 4) is 0 Å². The normalized spacial score (nSPS) is 52.6. The molecule has 1 saturated heterocycles. The summed E-state index contributed by atoms with van der Waals surface area (Å²) in [5.74, 6) is -0.379. The smallest absolute Gasteiger partial charge is 0.193 e. The van der Waals surface area contributed by atoms with Crippen molar-refractivity contribution in [3.63, 3.8) is 0 Å². The van der Waals surface area contributed by atoms with Gasteiger partial charge in [0.25, 0.3) is 0 Å². The van der Waals surface area contributed by atoms with Crippen molar-refractivity contribution in [2.45, 2.75) is 90.3 Å². The average molecular weight is 433 g/mol. The van der Waals surface area contributed by atoms with Gasteiger partial charge in [0.2, 0.25) is 0 Å². The van der Waals surface area contributed by atoms with Gasteiger partial charge in [-0.25, -0.2) is 0 Å². The van der Waals surface area contributed by atoms with E-state index in [0.717, 1.165) is 12.8 Å². The van der Waals surface area contributed by atoms with E-state index < -0.39 is 35.6 Å². The molecule has 5 rings (SSSR count). The predicted octanol–water partition coefficient (Wildman–Crippen LogP) is 2.80. The molecule has 0 spiro atoms. The fourth-order valence-corrected chi connectivity index (χ4v) is 8.83. The van der Waals surface area contributed by atoms with Gasteiger partial charge < -0.3 is 19.7 Å². The van der Waals surface area contributed by atoms with Crippen LogP contribution in [0.1, 0.15) is 66.7 Å². The molecule has 31 heavy (non-hydrogen) atoms. The molecule has 0 unspecified atom stereocenters. The van der Waals surface area contributed by atoms with Gasteiger partial charge in [-0.1, -0.05) is 26.3 Å². The molecule has 5 aliphatic rings. The van der Waals surface area contributed by atoms with Gasteiger partial charge in [-0.05, 0) is 74.7 Å². The van der Waals surface area contributed by atoms with E-state index in [1.165, 1.54) is 5.57 Å². The van der Waals surface area contributed by atoms with Crippen molar-refractivity contribution in [3.05, 3.63) is 11.6 Å². The van der Waals surface area contributed by atoms with Crippen LogP contribution in [-0.4, -0.2) is 52.0 Å². The van der Waals surface area contributed by atoms with Crippen molar-refractivity contribution < 1.29 is 29.3 Å². The third-order valence-corrected chi connectivity index (χ3v) is 9.76. The lowest BCUT2D eigenvalue weighted by Crippen LogP contribution is -2.64. The van der Waals surface area contributed by atoms with Gasteiger partial charge in [-0.15, -0.1) is 0 Å². The molecule has 3 saturated carbocycles. The van der Waals surface area contributed by atoms with E-state index in [9.17, 15) is 19.8 Å². The van der Waals surface area contributed by atoms with Crippen molar-refractivity contribution in [2.24, 2.45) is 34.5 Å². The summed E-state index contributed by atoms with van der Waals surface area (Å²) < 4.78 is 12.6. The van der Waals surface area contributed by atoms with E-state index in [0.29, 0.717) is 19.3 Å². The average Bonchev–Trinajstić information content (AvgIpc) is 3.08. The largest absolute Gasteiger partial charge is 0.393 e. The van der Waals surface area contributed by atoms with Gasteiger partial charge in [-0.3, -0.25) is 9.59 Å². The lowest BCUT2D eigenvalue weighted by atomic mass is 9.44. The van der Waals surface area contributed by atoms with E-state index in [1.807, 2.05) is 19.9 Å². The van der Waals surface area contributed by atoms with Crippen molar-refractivity contribution in [2.75, 3.05) is 6.61 Å². The Morgan fingerprint density at radius 1 is 1.23 bits per heavy atom. The number of carbonyl (C=O) groups excluding carboxylic acids is 2. The van der Waals surface area contributed by atoms with Gasteiger partial charge in [0.05, 0.1) is 12.2 Å². The van der Waals surface area contributed by atoms with Crippen LogP contribution in [-0.2, 0) is 19.1 Å². The van der Waals surface area contributed by atoms with Crippen LogP contribution in [0.3, 0.4) is 0 Å². The molecule has 6 heteroatoms. The number of fused-ring (bicyclic) bond motifs is 7. The highest BCUT2D eigenvalue weighted by Crippen LogP contribution is 2.71. The Labute approximate surface area is 184 Å². The maximum Gasteiger partial charge on any atom is 0.193 e. The highest BCUT2D eigenvalue weighted by molar-refractivity contribution is 5.92. The number of allylic oxidation sites excluding steroid dienone is 1. The van der Waals surface area contributed by atoms with Crippen molar-refractivity contribution >= 4 is 11.6 Å². The minimum Gasteiger partial charge on any atom is -0.393 e. The number of aliphatic hydroxyl groups excluding tert-OH is 2. The van der Waals surface area contributed by atoms with Crippen LogP contribution in [0.15, 0.2) is 11.6 Å². The van der Waals surface area contributed by atoms with Gasteiger partial charge in [0.15, 0.2) is 23.0 Å². The molecule has 2 N–H and O–H groups in total. The van der Waals surface area contributed by atoms with Crippen LogP contribution in [0.2, 0.25) is 0 Å². The highest BCUT2D eigenvalue weighted by Gasteiger charge is 2.77. The minimum atomic E-state index is -1.23. The highest BCUT2D eigenvalue weighted by atomic mass is 16.8. The van der Waals surface area contributed by atoms with E-state index in [2.05, 4.69) is 20.8 Å². The number of ether oxygens (including phenoxy) is 2. The third-order valence-electron chi connectivity index (χ3n) is 9.76. The lowest BCUT2D eigenvalue weighted by molar-refractivity contribution is -0.228. The molecule has 1 aliphatic heterocycles. The molecule has 0 amide bonds. The van der Waals surface area contributed by atoms with Crippen LogP contribution in [0.5, 0.6) is 0 Å². The van der Waals surface area contributed by atoms with Gasteiger partial charge >= 0.3 is 0 Å². The molecule has 172 valence electrons. The van der Waals surface area contributed by atoms with Gasteiger partial charge in [0.1, 0.15) is 6.61 Å². The summed E-state index contributed by atoms with van der Waals surface area (Å²) in [4.78, 5) is 25.4. The first-order chi connectivity index (χ1) is 14.4. The second-order valence-electron chi connectivity index (χ2n) is 11.8. The fraction of sp³-hybridized carbons (Fsp3) is 0.840. The first-order valence-electron chi connectivity index (χ1n) is 11.8. The SMILES string of the molecule is C[C@H]1C[C@@H]2[C@H]([C@@H](O)C[C@@]3(C)[C@H]2C[C@H]2OC(C)(C)O[C@]23C(=O)CO)[C@@]2(C)CCC(=O)C=C12. The third kappa shape index (κ3) is 2.59. The summed E-state index contributed by atoms with van der Waals surface area (Å²) in [6, 6.07) is 0. The Morgan fingerprint density at radius 3 is 2.61 bits per heavy atom. The van der Waals surface area contributed by atoms with Crippen molar-refractivity contribution in [1.82, 2.24) is 0 Å². The first kappa shape index (κ1) is 21.7. The molecule has 4 fully saturated rings. The standard InChI is InChI=1S/C25H36O6/c1-13-8-15-17-10-20-25(19(29)12-26,31-22(2,3)30-20)24(17,5)11-18(28)21(15)23(4)7-6-14(27)9-16(13)23/h9,13,15,17-18,20-21,26,28H,6-8,10-12H2,1-5H3/t13-,15-,17-,18-,20+,21+,23-,24-,25+/m0/s1. The fourth-order valence-electron chi connectivity index (χ4n) is 8.83. The van der Waals surface area contributed by atoms with Crippen LogP contribution >= 0.6 is 0 Å². The zero-order valence-electron chi connectivity index (χ0n) is 19.3. The summed E-state index contributed by atoms with van der Waals surface area (Å²) in [5.41, 5.74) is -0.858. The maximum absolute atomic E-state index is 13.2. The molecular weight excluding hydrogens is 396 g/mol. The number of hydrogen-bond acceptors (Lipinski definition) is 6. The van der Waals surface area contributed by atoms with E-state index in [4.69, 9.17) is 9.47 Å². The number of rotatable bonds is 2. The summed E-state index contributed by atoms with van der Waals surface area (Å²) >= 11 is 0. The molecular formula is C25H36O6. The number of aliphatic hydroxyl groups is 2. The lowest BCUT2D eigenvalue weighted by Gasteiger charge is -2.62. The van der Waals surface area contributed by atoms with Crippen molar-refractivity contribution in [1.29, 1.82) is 0 Å². The molecule has 9 atom stereocenters. The predicted molar refractivity (Wildman–Crippen MR) is 113 cm³/mol. The number of carbonyl (C=O) groups is 2. The zero-order chi connectivity index (χ0) is 22.6. The van der Waals surface area contributed by atoms with Crippen LogP contribution in [0.25, 0.3) is 0 Å². The Bertz CT molecular complexity index is 862. The molecule has 6 nitrogen and oxygen atoms in total. The molecule has 4 aliphatic carbocycles. The molecule has 0 radical (unpaired) electrons. The second-order valence-corrected chi connectivity index (χ2v) is 11.8. The molecule has 0 aromatic carbocycles. The Kier molecular flexibility index (Phi) is 4.56. The molecule has 1 heterocycles. The minimum absolute atomic E-state index is 0.0502. The Balaban J connectivity index is 1.61.